The molecule has 1 aliphatic heterocycles. The minimum atomic E-state index is 0.379. The van der Waals surface area contributed by atoms with E-state index in [9.17, 15) is 4.79 Å². The first-order valence-electron chi connectivity index (χ1n) is 9.76. The van der Waals surface area contributed by atoms with Crippen molar-refractivity contribution in [3.05, 3.63) is 18.2 Å². The molecule has 1 aromatic heterocycles. The molecule has 0 unspecified atom stereocenters. The summed E-state index contributed by atoms with van der Waals surface area (Å²) in [5.41, 5.74) is 0. The molecular formula is C19H32N4O. The average molecular weight is 332 g/mol. The standard InChI is InChI=1S/C19H32N4O/c1-2-18-20-9-10-22(18)14-11-21-12-15-23(16-13-21)19(24)8-7-17-5-3-4-6-17/h9-10,17H,2-8,11-16H2,1H3. The molecule has 2 aliphatic rings. The summed E-state index contributed by atoms with van der Waals surface area (Å²) in [4.78, 5) is 21.3. The van der Waals surface area contributed by atoms with Crippen molar-refractivity contribution in [3.8, 4) is 0 Å². The fourth-order valence-corrected chi connectivity index (χ4v) is 4.11. The highest BCUT2D eigenvalue weighted by molar-refractivity contribution is 5.76. The van der Waals surface area contributed by atoms with E-state index in [0.29, 0.717) is 5.91 Å². The predicted molar refractivity (Wildman–Crippen MR) is 95.8 cm³/mol. The quantitative estimate of drug-likeness (QED) is 0.770. The van der Waals surface area contributed by atoms with Crippen molar-refractivity contribution in [2.75, 3.05) is 32.7 Å². The highest BCUT2D eigenvalue weighted by atomic mass is 16.2. The van der Waals surface area contributed by atoms with Gasteiger partial charge in [0.2, 0.25) is 5.91 Å². The third-order valence-corrected chi connectivity index (χ3v) is 5.74. The zero-order valence-electron chi connectivity index (χ0n) is 15.1. The van der Waals surface area contributed by atoms with Gasteiger partial charge in [-0.1, -0.05) is 32.6 Å². The summed E-state index contributed by atoms with van der Waals surface area (Å²) < 4.78 is 2.25. The minimum absolute atomic E-state index is 0.379. The Morgan fingerprint density at radius 1 is 1.17 bits per heavy atom. The smallest absolute Gasteiger partial charge is 0.222 e. The number of aromatic nitrogens is 2. The normalized spacial score (nSPS) is 20.0. The van der Waals surface area contributed by atoms with Crippen LogP contribution < -0.4 is 0 Å². The minimum Gasteiger partial charge on any atom is -0.340 e. The number of hydrogen-bond donors (Lipinski definition) is 0. The first-order chi connectivity index (χ1) is 11.8. The maximum absolute atomic E-state index is 12.4. The van der Waals surface area contributed by atoms with Crippen LogP contribution in [0.3, 0.4) is 0 Å². The molecule has 5 nitrogen and oxygen atoms in total. The number of amides is 1. The number of imidazole rings is 1. The second-order valence-electron chi connectivity index (χ2n) is 7.30. The van der Waals surface area contributed by atoms with E-state index < -0.39 is 0 Å². The van der Waals surface area contributed by atoms with Crippen LogP contribution in [0.5, 0.6) is 0 Å². The number of aryl methyl sites for hydroxylation is 1. The molecule has 0 N–H and O–H groups in total. The first-order valence-corrected chi connectivity index (χ1v) is 9.76. The van der Waals surface area contributed by atoms with Crippen molar-refractivity contribution in [2.24, 2.45) is 5.92 Å². The van der Waals surface area contributed by atoms with Crippen molar-refractivity contribution >= 4 is 5.91 Å². The van der Waals surface area contributed by atoms with Crippen molar-refractivity contribution in [3.63, 3.8) is 0 Å². The van der Waals surface area contributed by atoms with Gasteiger partial charge in [-0.25, -0.2) is 4.98 Å². The lowest BCUT2D eigenvalue weighted by atomic mass is 10.0. The Bertz CT molecular complexity index is 513. The number of hydrogen-bond acceptors (Lipinski definition) is 3. The summed E-state index contributed by atoms with van der Waals surface area (Å²) in [6, 6.07) is 0. The van der Waals surface area contributed by atoms with E-state index in [2.05, 4.69) is 32.5 Å². The van der Waals surface area contributed by atoms with E-state index in [1.165, 1.54) is 25.7 Å². The van der Waals surface area contributed by atoms with Crippen molar-refractivity contribution in [1.82, 2.24) is 19.4 Å². The Morgan fingerprint density at radius 3 is 2.62 bits per heavy atom. The highest BCUT2D eigenvalue weighted by Gasteiger charge is 2.22. The van der Waals surface area contributed by atoms with Gasteiger partial charge in [0.25, 0.3) is 0 Å². The SMILES string of the molecule is CCc1nccn1CCN1CCN(C(=O)CCC2CCCC2)CC1. The Hall–Kier alpha value is -1.36. The van der Waals surface area contributed by atoms with Gasteiger partial charge < -0.3 is 9.47 Å². The van der Waals surface area contributed by atoms with E-state index in [4.69, 9.17) is 0 Å². The summed E-state index contributed by atoms with van der Waals surface area (Å²) in [5, 5.41) is 0. The predicted octanol–water partition coefficient (Wildman–Crippen LogP) is 2.56. The maximum atomic E-state index is 12.4. The Balaban J connectivity index is 1.35. The second-order valence-corrected chi connectivity index (χ2v) is 7.30. The van der Waals surface area contributed by atoms with Gasteiger partial charge in [0, 0.05) is 64.5 Å². The molecule has 134 valence electrons. The molecule has 1 aliphatic carbocycles. The van der Waals surface area contributed by atoms with Gasteiger partial charge in [0.1, 0.15) is 5.82 Å². The van der Waals surface area contributed by atoms with Crippen LogP contribution >= 0.6 is 0 Å². The molecule has 1 amide bonds. The third-order valence-electron chi connectivity index (χ3n) is 5.74. The molecule has 0 radical (unpaired) electrons. The van der Waals surface area contributed by atoms with Crippen LogP contribution in [-0.2, 0) is 17.8 Å². The molecule has 2 fully saturated rings. The molecule has 1 saturated carbocycles. The summed E-state index contributed by atoms with van der Waals surface area (Å²) >= 11 is 0. The van der Waals surface area contributed by atoms with Crippen LogP contribution in [0.25, 0.3) is 0 Å². The Kier molecular flexibility index (Phi) is 6.30. The van der Waals surface area contributed by atoms with E-state index in [0.717, 1.165) is 70.3 Å². The Morgan fingerprint density at radius 2 is 1.92 bits per heavy atom. The first kappa shape index (κ1) is 17.5. The number of rotatable bonds is 7. The molecule has 1 saturated heterocycles. The van der Waals surface area contributed by atoms with Gasteiger partial charge in [-0.05, 0) is 12.3 Å². The van der Waals surface area contributed by atoms with E-state index in [1.807, 2.05) is 6.20 Å². The van der Waals surface area contributed by atoms with E-state index in [-0.39, 0.29) is 0 Å². The van der Waals surface area contributed by atoms with Gasteiger partial charge in [-0.3, -0.25) is 9.69 Å². The van der Waals surface area contributed by atoms with Crippen molar-refractivity contribution in [2.45, 2.75) is 58.4 Å². The van der Waals surface area contributed by atoms with Gasteiger partial charge in [0.15, 0.2) is 0 Å². The average Bonchev–Trinajstić information content (AvgIpc) is 3.29. The molecule has 5 heteroatoms. The van der Waals surface area contributed by atoms with Crippen LogP contribution in [0.4, 0.5) is 0 Å². The van der Waals surface area contributed by atoms with Crippen LogP contribution in [0.15, 0.2) is 12.4 Å². The lowest BCUT2D eigenvalue weighted by molar-refractivity contribution is -0.133. The van der Waals surface area contributed by atoms with E-state index >= 15 is 0 Å². The summed E-state index contributed by atoms with van der Waals surface area (Å²) in [6.45, 7) is 8.00. The van der Waals surface area contributed by atoms with Gasteiger partial charge in [0.05, 0.1) is 0 Å². The fourth-order valence-electron chi connectivity index (χ4n) is 4.11. The third kappa shape index (κ3) is 4.59. The zero-order chi connectivity index (χ0) is 16.8. The molecule has 0 bridgehead atoms. The summed E-state index contributed by atoms with van der Waals surface area (Å²) in [7, 11) is 0. The van der Waals surface area contributed by atoms with Crippen molar-refractivity contribution < 1.29 is 4.79 Å². The van der Waals surface area contributed by atoms with Gasteiger partial charge in [-0.2, -0.15) is 0 Å². The number of nitrogens with zero attached hydrogens (tertiary/aromatic N) is 4. The molecular weight excluding hydrogens is 300 g/mol. The largest absolute Gasteiger partial charge is 0.340 e. The van der Waals surface area contributed by atoms with Crippen LogP contribution in [0, 0.1) is 5.92 Å². The molecule has 1 aromatic rings. The fraction of sp³-hybridized carbons (Fsp3) is 0.789. The van der Waals surface area contributed by atoms with E-state index in [1.54, 1.807) is 0 Å². The summed E-state index contributed by atoms with van der Waals surface area (Å²) in [6.07, 6.45) is 12.2. The number of carbonyl (C=O) groups is 1. The van der Waals surface area contributed by atoms with Crippen LogP contribution in [-0.4, -0.2) is 58.0 Å². The lowest BCUT2D eigenvalue weighted by Gasteiger charge is -2.35. The maximum Gasteiger partial charge on any atom is 0.222 e. The van der Waals surface area contributed by atoms with Crippen molar-refractivity contribution in [1.29, 1.82) is 0 Å². The molecule has 0 spiro atoms. The molecule has 24 heavy (non-hydrogen) atoms. The zero-order valence-corrected chi connectivity index (χ0v) is 15.1. The topological polar surface area (TPSA) is 41.4 Å². The molecule has 2 heterocycles. The number of piperazine rings is 1. The van der Waals surface area contributed by atoms with Crippen LogP contribution in [0.2, 0.25) is 0 Å². The summed E-state index contributed by atoms with van der Waals surface area (Å²) in [5.74, 6) is 2.36. The Labute approximate surface area is 146 Å². The lowest BCUT2D eigenvalue weighted by Crippen LogP contribution is -2.49. The molecule has 0 aromatic carbocycles. The molecule has 0 atom stereocenters. The molecule has 3 rings (SSSR count). The van der Waals surface area contributed by atoms with Crippen LogP contribution in [0.1, 0.15) is 51.3 Å². The van der Waals surface area contributed by atoms with Gasteiger partial charge in [-0.15, -0.1) is 0 Å². The second kappa shape index (κ2) is 8.65. The highest BCUT2D eigenvalue weighted by Crippen LogP contribution is 2.28. The van der Waals surface area contributed by atoms with Gasteiger partial charge >= 0.3 is 0 Å². The monoisotopic (exact) mass is 332 g/mol. The number of carbonyl (C=O) groups excluding carboxylic acids is 1.